The third kappa shape index (κ3) is 4.61. The van der Waals surface area contributed by atoms with Crippen molar-refractivity contribution in [2.75, 3.05) is 16.8 Å². The maximum absolute atomic E-state index is 12.6. The van der Waals surface area contributed by atoms with Crippen LogP contribution in [-0.2, 0) is 20.9 Å². The van der Waals surface area contributed by atoms with Crippen molar-refractivity contribution < 1.29 is 14.4 Å². The third-order valence-electron chi connectivity index (χ3n) is 5.01. The summed E-state index contributed by atoms with van der Waals surface area (Å²) in [5.41, 5.74) is 2.13. The fraction of sp³-hybridized carbons (Fsp3) is 0.227. The summed E-state index contributed by atoms with van der Waals surface area (Å²) >= 11 is 0. The zero-order valence-corrected chi connectivity index (χ0v) is 17.0. The maximum Gasteiger partial charge on any atom is 0.244 e. The number of carbonyl (C=O) groups excluding carboxylic acids is 3. The van der Waals surface area contributed by atoms with E-state index in [1.54, 1.807) is 36.7 Å². The minimum Gasteiger partial charge on any atom is -0.352 e. The van der Waals surface area contributed by atoms with E-state index in [2.05, 4.69) is 20.6 Å². The lowest BCUT2D eigenvalue weighted by molar-refractivity contribution is -0.125. The van der Waals surface area contributed by atoms with Gasteiger partial charge in [-0.25, -0.2) is 9.97 Å². The van der Waals surface area contributed by atoms with Crippen molar-refractivity contribution in [1.82, 2.24) is 19.9 Å². The van der Waals surface area contributed by atoms with Gasteiger partial charge in [0.05, 0.1) is 11.4 Å². The van der Waals surface area contributed by atoms with Gasteiger partial charge in [-0.15, -0.1) is 0 Å². The van der Waals surface area contributed by atoms with Crippen molar-refractivity contribution in [3.8, 4) is 5.82 Å². The molecule has 2 aromatic heterocycles. The molecule has 0 unspecified atom stereocenters. The van der Waals surface area contributed by atoms with Gasteiger partial charge in [-0.3, -0.25) is 19.0 Å². The van der Waals surface area contributed by atoms with Gasteiger partial charge < -0.3 is 15.5 Å². The predicted molar refractivity (Wildman–Crippen MR) is 115 cm³/mol. The van der Waals surface area contributed by atoms with E-state index >= 15 is 0 Å². The number of benzene rings is 1. The minimum absolute atomic E-state index is 0.0171. The molecule has 3 heterocycles. The predicted octanol–water partition coefficient (Wildman–Crippen LogP) is 1.96. The summed E-state index contributed by atoms with van der Waals surface area (Å²) in [6.45, 7) is 2.16. The van der Waals surface area contributed by atoms with Crippen molar-refractivity contribution in [3.63, 3.8) is 0 Å². The Bertz CT molecular complexity index is 1140. The SMILES string of the molecule is Cc1nccn1-c1cc(CNC(=O)CCC(=O)N2CC(=O)Nc3ccccc32)ccn1. The first-order valence-corrected chi connectivity index (χ1v) is 9.92. The number of fused-ring (bicyclic) bond motifs is 1. The van der Waals surface area contributed by atoms with E-state index in [-0.39, 0.29) is 37.1 Å². The minimum atomic E-state index is -0.265. The lowest BCUT2D eigenvalue weighted by Crippen LogP contribution is -2.42. The largest absolute Gasteiger partial charge is 0.352 e. The zero-order valence-electron chi connectivity index (χ0n) is 17.0. The summed E-state index contributed by atoms with van der Waals surface area (Å²) < 4.78 is 1.86. The fourth-order valence-corrected chi connectivity index (χ4v) is 3.42. The first kappa shape index (κ1) is 20.3. The lowest BCUT2D eigenvalue weighted by Gasteiger charge is -2.29. The van der Waals surface area contributed by atoms with Gasteiger partial charge in [0, 0.05) is 38.0 Å². The number of nitrogens with one attached hydrogen (secondary N) is 2. The van der Waals surface area contributed by atoms with Crippen LogP contribution in [0.15, 0.2) is 55.0 Å². The summed E-state index contributed by atoms with van der Waals surface area (Å²) in [5.74, 6) is 0.789. The molecule has 3 aromatic rings. The number of imidazole rings is 1. The van der Waals surface area contributed by atoms with Crippen molar-refractivity contribution in [2.45, 2.75) is 26.3 Å². The molecule has 0 saturated carbocycles. The molecule has 9 heteroatoms. The Morgan fingerprint density at radius 3 is 2.77 bits per heavy atom. The van der Waals surface area contributed by atoms with Gasteiger partial charge in [0.25, 0.3) is 0 Å². The Morgan fingerprint density at radius 2 is 1.97 bits per heavy atom. The van der Waals surface area contributed by atoms with Crippen molar-refractivity contribution in [2.24, 2.45) is 0 Å². The summed E-state index contributed by atoms with van der Waals surface area (Å²) in [5, 5.41) is 5.57. The molecule has 0 aliphatic carbocycles. The first-order chi connectivity index (χ1) is 15.0. The van der Waals surface area contributed by atoms with Crippen molar-refractivity contribution >= 4 is 29.1 Å². The number of amides is 3. The van der Waals surface area contributed by atoms with Crippen LogP contribution < -0.4 is 15.5 Å². The van der Waals surface area contributed by atoms with E-state index in [1.165, 1.54) is 4.90 Å². The second-order valence-electron chi connectivity index (χ2n) is 7.19. The Kier molecular flexibility index (Phi) is 5.74. The van der Waals surface area contributed by atoms with Crippen LogP contribution in [0.1, 0.15) is 24.2 Å². The molecular weight excluding hydrogens is 396 g/mol. The Labute approximate surface area is 179 Å². The lowest BCUT2D eigenvalue weighted by atomic mass is 10.1. The molecule has 3 amide bonds. The van der Waals surface area contributed by atoms with Crippen LogP contribution in [0, 0.1) is 6.92 Å². The summed E-state index contributed by atoms with van der Waals surface area (Å²) in [6.07, 6.45) is 5.26. The number of hydrogen-bond acceptors (Lipinski definition) is 5. The topological polar surface area (TPSA) is 109 Å². The highest BCUT2D eigenvalue weighted by atomic mass is 16.2. The number of aromatic nitrogens is 3. The van der Waals surface area contributed by atoms with Crippen LogP contribution >= 0.6 is 0 Å². The van der Waals surface area contributed by atoms with Crippen LogP contribution in [0.2, 0.25) is 0 Å². The molecule has 158 valence electrons. The zero-order chi connectivity index (χ0) is 21.8. The number of carbonyl (C=O) groups is 3. The molecule has 0 fully saturated rings. The third-order valence-corrected chi connectivity index (χ3v) is 5.01. The van der Waals surface area contributed by atoms with Crippen molar-refractivity contribution in [1.29, 1.82) is 0 Å². The van der Waals surface area contributed by atoms with Crippen LogP contribution in [0.5, 0.6) is 0 Å². The smallest absolute Gasteiger partial charge is 0.244 e. The molecule has 1 aliphatic rings. The van der Waals surface area contributed by atoms with Gasteiger partial charge in [0.1, 0.15) is 18.2 Å². The monoisotopic (exact) mass is 418 g/mol. The molecule has 4 rings (SSSR count). The maximum atomic E-state index is 12.6. The standard InChI is InChI=1S/C22H22N6O3/c1-15-23-10-11-27(15)19-12-16(8-9-24-19)13-25-20(29)6-7-22(31)28-14-21(30)26-17-4-2-3-5-18(17)28/h2-5,8-12H,6-7,13-14H2,1H3,(H,25,29)(H,26,30). The number of pyridine rings is 1. The Morgan fingerprint density at radius 1 is 1.13 bits per heavy atom. The highest BCUT2D eigenvalue weighted by Crippen LogP contribution is 2.29. The summed E-state index contributed by atoms with van der Waals surface area (Å²) in [7, 11) is 0. The first-order valence-electron chi connectivity index (χ1n) is 9.92. The second-order valence-corrected chi connectivity index (χ2v) is 7.19. The summed E-state index contributed by atoms with van der Waals surface area (Å²) in [4.78, 5) is 46.7. The quantitative estimate of drug-likeness (QED) is 0.636. The van der Waals surface area contributed by atoms with E-state index in [1.807, 2.05) is 29.8 Å². The molecule has 0 spiro atoms. The average molecular weight is 418 g/mol. The molecule has 2 N–H and O–H groups in total. The van der Waals surface area contributed by atoms with Gasteiger partial charge >= 0.3 is 0 Å². The van der Waals surface area contributed by atoms with Crippen LogP contribution in [0.3, 0.4) is 0 Å². The molecule has 9 nitrogen and oxygen atoms in total. The van der Waals surface area contributed by atoms with E-state index in [4.69, 9.17) is 0 Å². The highest BCUT2D eigenvalue weighted by Gasteiger charge is 2.26. The number of rotatable bonds is 6. The van der Waals surface area contributed by atoms with E-state index in [0.717, 1.165) is 17.2 Å². The van der Waals surface area contributed by atoms with Gasteiger partial charge in [-0.05, 0) is 36.8 Å². The molecule has 1 aromatic carbocycles. The molecule has 31 heavy (non-hydrogen) atoms. The number of anilines is 2. The Hall–Kier alpha value is -4.01. The number of para-hydroxylation sites is 2. The molecule has 0 atom stereocenters. The van der Waals surface area contributed by atoms with Crippen LogP contribution in [-0.4, -0.2) is 38.8 Å². The van der Waals surface area contributed by atoms with E-state index in [0.29, 0.717) is 17.9 Å². The van der Waals surface area contributed by atoms with Gasteiger partial charge in [-0.2, -0.15) is 0 Å². The highest BCUT2D eigenvalue weighted by molar-refractivity contribution is 6.10. The fourth-order valence-electron chi connectivity index (χ4n) is 3.42. The van der Waals surface area contributed by atoms with E-state index < -0.39 is 0 Å². The van der Waals surface area contributed by atoms with Gasteiger partial charge in [0.2, 0.25) is 17.7 Å². The van der Waals surface area contributed by atoms with Gasteiger partial charge in [0.15, 0.2) is 0 Å². The molecule has 1 aliphatic heterocycles. The van der Waals surface area contributed by atoms with E-state index in [9.17, 15) is 14.4 Å². The normalized spacial score (nSPS) is 12.8. The number of nitrogens with zero attached hydrogens (tertiary/aromatic N) is 4. The average Bonchev–Trinajstić information content (AvgIpc) is 3.21. The van der Waals surface area contributed by atoms with Crippen LogP contribution in [0.25, 0.3) is 5.82 Å². The van der Waals surface area contributed by atoms with Gasteiger partial charge in [-0.1, -0.05) is 12.1 Å². The number of aryl methyl sites for hydroxylation is 1. The molecule has 0 saturated heterocycles. The number of hydrogen-bond donors (Lipinski definition) is 2. The molecular formula is C22H22N6O3. The summed E-state index contributed by atoms with van der Waals surface area (Å²) in [6, 6.07) is 10.8. The van der Waals surface area contributed by atoms with Crippen LogP contribution in [0.4, 0.5) is 11.4 Å². The van der Waals surface area contributed by atoms with Crippen molar-refractivity contribution in [3.05, 3.63) is 66.4 Å². The Balaban J connectivity index is 1.32. The second kappa shape index (κ2) is 8.78. The molecule has 0 bridgehead atoms. The molecule has 0 radical (unpaired) electrons.